The Balaban J connectivity index is 2.78. The Morgan fingerprint density at radius 3 is 2.16 bits per heavy atom. The number of fused-ring (bicyclic) bond motifs is 1. The lowest BCUT2D eigenvalue weighted by Gasteiger charge is -2.18. The topological polar surface area (TPSA) is 20.3 Å². The molecule has 0 saturated carbocycles. The van der Waals surface area contributed by atoms with Crippen LogP contribution in [0.1, 0.15) is 10.4 Å². The maximum absolute atomic E-state index is 12.6. The van der Waals surface area contributed by atoms with Crippen LogP contribution in [0.25, 0.3) is 10.8 Å². The van der Waals surface area contributed by atoms with Crippen molar-refractivity contribution in [1.82, 2.24) is 0 Å². The highest BCUT2D eigenvalue weighted by molar-refractivity contribution is 6.14. The van der Waals surface area contributed by atoms with Gasteiger partial charge in [-0.25, -0.2) is 0 Å². The normalized spacial score (nSPS) is 11.6. The van der Waals surface area contributed by atoms with E-state index in [0.29, 0.717) is 16.5 Å². The van der Waals surface area contributed by atoms with Crippen molar-refractivity contribution in [2.75, 3.05) is 19.0 Å². The molecule has 0 aliphatic carbocycles. The minimum absolute atomic E-state index is 0.311. The van der Waals surface area contributed by atoms with Crippen molar-refractivity contribution in [3.05, 3.63) is 42.0 Å². The number of hydrogen-bond donors (Lipinski definition) is 0. The van der Waals surface area contributed by atoms with E-state index < -0.39 is 12.0 Å². The third-order valence-corrected chi connectivity index (χ3v) is 2.87. The molecule has 5 heteroatoms. The Labute approximate surface area is 108 Å². The fourth-order valence-electron chi connectivity index (χ4n) is 2.04. The number of ketones is 1. The summed E-state index contributed by atoms with van der Waals surface area (Å²) in [6, 6.07) is 9.49. The summed E-state index contributed by atoms with van der Waals surface area (Å²) >= 11 is 0. The second kappa shape index (κ2) is 4.57. The number of anilines is 1. The quantitative estimate of drug-likeness (QED) is 0.774. The highest BCUT2D eigenvalue weighted by atomic mass is 19.4. The van der Waals surface area contributed by atoms with Crippen molar-refractivity contribution in [2.45, 2.75) is 6.18 Å². The molecule has 2 aromatic carbocycles. The molecule has 19 heavy (non-hydrogen) atoms. The first kappa shape index (κ1) is 13.4. The summed E-state index contributed by atoms with van der Waals surface area (Å²) in [5, 5.41) is 0.943. The van der Waals surface area contributed by atoms with Gasteiger partial charge in [-0.1, -0.05) is 30.3 Å². The summed E-state index contributed by atoms with van der Waals surface area (Å²) in [7, 11) is 3.45. The standard InChI is InChI=1S/C14H12F3NO/c1-18(2)11-8-4-6-9-5-3-7-10(12(9)11)13(19)14(15,16)17/h3-8H,1-2H3. The fourth-order valence-corrected chi connectivity index (χ4v) is 2.04. The lowest BCUT2D eigenvalue weighted by Crippen LogP contribution is -2.23. The number of nitrogens with zero attached hydrogens (tertiary/aromatic N) is 1. The fraction of sp³-hybridized carbons (Fsp3) is 0.214. The number of benzene rings is 2. The van der Waals surface area contributed by atoms with E-state index in [1.54, 1.807) is 43.3 Å². The van der Waals surface area contributed by atoms with Crippen molar-refractivity contribution < 1.29 is 18.0 Å². The SMILES string of the molecule is CN(C)c1cccc2cccc(C(=O)C(F)(F)F)c12. The number of alkyl halides is 3. The van der Waals surface area contributed by atoms with Crippen LogP contribution >= 0.6 is 0 Å². The van der Waals surface area contributed by atoms with Gasteiger partial charge in [0, 0.05) is 30.7 Å². The zero-order chi connectivity index (χ0) is 14.2. The van der Waals surface area contributed by atoms with Crippen LogP contribution in [-0.4, -0.2) is 26.1 Å². The van der Waals surface area contributed by atoms with Crippen LogP contribution in [0.15, 0.2) is 36.4 Å². The monoisotopic (exact) mass is 267 g/mol. The summed E-state index contributed by atoms with van der Waals surface area (Å²) in [5.74, 6) is -1.81. The summed E-state index contributed by atoms with van der Waals surface area (Å²) < 4.78 is 37.9. The molecule has 0 aromatic heterocycles. The van der Waals surface area contributed by atoms with Gasteiger partial charge < -0.3 is 4.90 Å². The highest BCUT2D eigenvalue weighted by Gasteiger charge is 2.40. The van der Waals surface area contributed by atoms with E-state index in [-0.39, 0.29) is 5.56 Å². The van der Waals surface area contributed by atoms with Gasteiger partial charge in [0.25, 0.3) is 5.78 Å². The van der Waals surface area contributed by atoms with E-state index >= 15 is 0 Å². The van der Waals surface area contributed by atoms with Gasteiger partial charge in [-0.2, -0.15) is 13.2 Å². The lowest BCUT2D eigenvalue weighted by molar-refractivity contribution is -0.0884. The number of halogens is 3. The molecule has 0 spiro atoms. The Morgan fingerprint density at radius 1 is 1.05 bits per heavy atom. The Morgan fingerprint density at radius 2 is 1.63 bits per heavy atom. The molecular formula is C14H12F3NO. The summed E-state index contributed by atoms with van der Waals surface area (Å²) in [5.41, 5.74) is 0.278. The predicted molar refractivity (Wildman–Crippen MR) is 68.7 cm³/mol. The van der Waals surface area contributed by atoms with Crippen molar-refractivity contribution in [3.8, 4) is 0 Å². The van der Waals surface area contributed by atoms with Gasteiger partial charge in [0.05, 0.1) is 0 Å². The van der Waals surface area contributed by atoms with Gasteiger partial charge in [-0.3, -0.25) is 4.79 Å². The Hall–Kier alpha value is -2.04. The molecule has 0 atom stereocenters. The first-order valence-electron chi connectivity index (χ1n) is 5.63. The van der Waals surface area contributed by atoms with Crippen LogP contribution in [-0.2, 0) is 0 Å². The minimum Gasteiger partial charge on any atom is -0.377 e. The molecular weight excluding hydrogens is 255 g/mol. The van der Waals surface area contributed by atoms with Gasteiger partial charge >= 0.3 is 6.18 Å². The Bertz CT molecular complexity index is 627. The molecule has 0 bridgehead atoms. The maximum Gasteiger partial charge on any atom is 0.454 e. The van der Waals surface area contributed by atoms with E-state index in [1.165, 1.54) is 12.1 Å². The highest BCUT2D eigenvalue weighted by Crippen LogP contribution is 2.32. The maximum atomic E-state index is 12.6. The van der Waals surface area contributed by atoms with Crippen LogP contribution < -0.4 is 4.90 Å². The number of Topliss-reactive ketones (excluding diaryl/α,β-unsaturated/α-hetero) is 1. The largest absolute Gasteiger partial charge is 0.454 e. The second-order valence-corrected chi connectivity index (χ2v) is 4.40. The van der Waals surface area contributed by atoms with Crippen molar-refractivity contribution in [2.24, 2.45) is 0 Å². The molecule has 0 amide bonds. The number of carbonyl (C=O) groups excluding carboxylic acids is 1. The molecule has 2 aromatic rings. The van der Waals surface area contributed by atoms with Crippen molar-refractivity contribution >= 4 is 22.2 Å². The van der Waals surface area contributed by atoms with Gasteiger partial charge in [-0.15, -0.1) is 0 Å². The first-order chi connectivity index (χ1) is 8.82. The number of rotatable bonds is 2. The molecule has 0 saturated heterocycles. The molecule has 0 fully saturated rings. The van der Waals surface area contributed by atoms with E-state index in [2.05, 4.69) is 0 Å². The predicted octanol–water partition coefficient (Wildman–Crippen LogP) is 3.65. The zero-order valence-electron chi connectivity index (χ0n) is 10.5. The molecule has 0 unspecified atom stereocenters. The zero-order valence-corrected chi connectivity index (χ0v) is 10.5. The van der Waals surface area contributed by atoms with Gasteiger partial charge in [0.2, 0.25) is 0 Å². The first-order valence-corrected chi connectivity index (χ1v) is 5.63. The van der Waals surface area contributed by atoms with Crippen LogP contribution in [0.2, 0.25) is 0 Å². The molecule has 0 radical (unpaired) electrons. The molecule has 0 aliphatic heterocycles. The molecule has 100 valence electrons. The Kier molecular flexibility index (Phi) is 3.22. The minimum atomic E-state index is -4.87. The summed E-state index contributed by atoms with van der Waals surface area (Å²) in [6.45, 7) is 0. The molecule has 2 nitrogen and oxygen atoms in total. The molecule has 0 N–H and O–H groups in total. The molecule has 0 aliphatic rings. The van der Waals surface area contributed by atoms with E-state index in [4.69, 9.17) is 0 Å². The second-order valence-electron chi connectivity index (χ2n) is 4.40. The van der Waals surface area contributed by atoms with E-state index in [0.717, 1.165) is 0 Å². The van der Waals surface area contributed by atoms with E-state index in [9.17, 15) is 18.0 Å². The number of hydrogen-bond acceptors (Lipinski definition) is 2. The smallest absolute Gasteiger partial charge is 0.377 e. The average molecular weight is 267 g/mol. The van der Waals surface area contributed by atoms with Crippen LogP contribution in [0, 0.1) is 0 Å². The number of carbonyl (C=O) groups is 1. The third kappa shape index (κ3) is 2.41. The molecule has 0 heterocycles. The van der Waals surface area contributed by atoms with Crippen molar-refractivity contribution in [3.63, 3.8) is 0 Å². The van der Waals surface area contributed by atoms with Gasteiger partial charge in [0.1, 0.15) is 0 Å². The van der Waals surface area contributed by atoms with Crippen LogP contribution in [0.3, 0.4) is 0 Å². The van der Waals surface area contributed by atoms with Crippen molar-refractivity contribution in [1.29, 1.82) is 0 Å². The van der Waals surface area contributed by atoms with Crippen LogP contribution in [0.4, 0.5) is 18.9 Å². The van der Waals surface area contributed by atoms with E-state index in [1.807, 2.05) is 0 Å². The molecule has 2 rings (SSSR count). The van der Waals surface area contributed by atoms with Gasteiger partial charge in [0.15, 0.2) is 0 Å². The summed E-state index contributed by atoms with van der Waals surface area (Å²) in [6.07, 6.45) is -4.87. The summed E-state index contributed by atoms with van der Waals surface area (Å²) in [4.78, 5) is 13.2. The third-order valence-electron chi connectivity index (χ3n) is 2.87. The lowest BCUT2D eigenvalue weighted by atomic mass is 9.99. The average Bonchev–Trinajstić information content (AvgIpc) is 2.35. The van der Waals surface area contributed by atoms with Gasteiger partial charge in [-0.05, 0) is 11.5 Å². The van der Waals surface area contributed by atoms with Crippen LogP contribution in [0.5, 0.6) is 0 Å².